The van der Waals surface area contributed by atoms with Gasteiger partial charge in [0, 0.05) is 35.4 Å². The van der Waals surface area contributed by atoms with Crippen molar-refractivity contribution in [2.75, 3.05) is 10.6 Å². The predicted molar refractivity (Wildman–Crippen MR) is 116 cm³/mol. The standard InChI is InChI=1S/C20H20Cl2N6O/c1-11-8-15(27-28(11)3)9-24-19-17(12(2)23)18(22)16(10-25-19)20(29)26-14-6-4-13(21)5-7-14/h4-8,10,23H,9H2,1-3H3,(H,24,25)(H,26,29). The molecule has 9 heteroatoms. The molecule has 2 aromatic heterocycles. The van der Waals surface area contributed by atoms with Crippen LogP contribution in [-0.2, 0) is 13.6 Å². The predicted octanol–water partition coefficient (Wildman–Crippen LogP) is 4.68. The van der Waals surface area contributed by atoms with E-state index < -0.39 is 5.91 Å². The minimum atomic E-state index is -0.417. The lowest BCUT2D eigenvalue weighted by molar-refractivity contribution is 0.102. The van der Waals surface area contributed by atoms with Gasteiger partial charge in [0.25, 0.3) is 5.91 Å². The molecule has 0 aliphatic carbocycles. The number of halogens is 2. The fourth-order valence-corrected chi connectivity index (χ4v) is 3.24. The number of hydrogen-bond acceptors (Lipinski definition) is 5. The van der Waals surface area contributed by atoms with E-state index in [0.29, 0.717) is 28.6 Å². The van der Waals surface area contributed by atoms with E-state index in [1.54, 1.807) is 35.9 Å². The first-order chi connectivity index (χ1) is 13.8. The SMILES string of the molecule is CC(=N)c1c(NCc2cc(C)n(C)n2)ncc(C(=O)Nc2ccc(Cl)cc2)c1Cl. The first kappa shape index (κ1) is 20.8. The van der Waals surface area contributed by atoms with Crippen molar-refractivity contribution in [1.29, 1.82) is 5.41 Å². The summed E-state index contributed by atoms with van der Waals surface area (Å²) in [4.78, 5) is 17.0. The summed E-state index contributed by atoms with van der Waals surface area (Å²) in [6, 6.07) is 8.69. The van der Waals surface area contributed by atoms with E-state index in [9.17, 15) is 4.79 Å². The van der Waals surface area contributed by atoms with Crippen molar-refractivity contribution < 1.29 is 4.79 Å². The van der Waals surface area contributed by atoms with Gasteiger partial charge in [-0.1, -0.05) is 23.2 Å². The minimum absolute atomic E-state index is 0.165. The van der Waals surface area contributed by atoms with Gasteiger partial charge in [-0.3, -0.25) is 9.48 Å². The van der Waals surface area contributed by atoms with Crippen LogP contribution in [-0.4, -0.2) is 26.4 Å². The number of aromatic nitrogens is 3. The first-order valence-electron chi connectivity index (χ1n) is 8.80. The van der Waals surface area contributed by atoms with Gasteiger partial charge < -0.3 is 16.0 Å². The smallest absolute Gasteiger partial charge is 0.258 e. The summed E-state index contributed by atoms with van der Waals surface area (Å²) in [6.07, 6.45) is 1.39. The second-order valence-electron chi connectivity index (χ2n) is 6.55. The van der Waals surface area contributed by atoms with Crippen LogP contribution in [0.3, 0.4) is 0 Å². The highest BCUT2D eigenvalue weighted by Gasteiger charge is 2.20. The third-order valence-electron chi connectivity index (χ3n) is 4.34. The zero-order valence-electron chi connectivity index (χ0n) is 16.2. The van der Waals surface area contributed by atoms with Crippen molar-refractivity contribution >= 4 is 46.3 Å². The summed E-state index contributed by atoms with van der Waals surface area (Å²) in [5.74, 6) is 0.00747. The molecular formula is C20H20Cl2N6O. The molecule has 0 radical (unpaired) electrons. The number of anilines is 2. The van der Waals surface area contributed by atoms with Crippen LogP contribution in [0.2, 0.25) is 10.0 Å². The molecule has 0 spiro atoms. The quantitative estimate of drug-likeness (QED) is 0.494. The average Bonchev–Trinajstić information content (AvgIpc) is 2.99. The number of carbonyl (C=O) groups is 1. The van der Waals surface area contributed by atoms with Gasteiger partial charge in [-0.05, 0) is 44.2 Å². The molecule has 0 fully saturated rings. The van der Waals surface area contributed by atoms with Crippen LogP contribution in [0.15, 0.2) is 36.5 Å². The van der Waals surface area contributed by atoms with E-state index in [4.69, 9.17) is 28.6 Å². The number of carbonyl (C=O) groups excluding carboxylic acids is 1. The van der Waals surface area contributed by atoms with Crippen molar-refractivity contribution in [2.24, 2.45) is 7.05 Å². The third kappa shape index (κ3) is 4.75. The molecule has 1 amide bonds. The van der Waals surface area contributed by atoms with Crippen LogP contribution in [0.25, 0.3) is 0 Å². The Morgan fingerprint density at radius 2 is 1.93 bits per heavy atom. The lowest BCUT2D eigenvalue weighted by Crippen LogP contribution is -2.16. The van der Waals surface area contributed by atoms with Gasteiger partial charge in [0.1, 0.15) is 5.82 Å². The minimum Gasteiger partial charge on any atom is -0.364 e. The maximum absolute atomic E-state index is 12.7. The largest absolute Gasteiger partial charge is 0.364 e. The molecule has 0 aliphatic rings. The molecule has 1 aromatic carbocycles. The molecule has 0 unspecified atom stereocenters. The molecule has 2 heterocycles. The molecule has 0 saturated heterocycles. The molecule has 0 aliphatic heterocycles. The monoisotopic (exact) mass is 430 g/mol. The fourth-order valence-electron chi connectivity index (χ4n) is 2.75. The molecule has 0 atom stereocenters. The number of nitrogens with one attached hydrogen (secondary N) is 3. The normalized spacial score (nSPS) is 10.7. The van der Waals surface area contributed by atoms with Gasteiger partial charge in [0.05, 0.1) is 28.4 Å². The Hall–Kier alpha value is -2.90. The summed E-state index contributed by atoms with van der Waals surface area (Å²) in [5, 5.41) is 19.1. The van der Waals surface area contributed by atoms with Crippen LogP contribution in [0.5, 0.6) is 0 Å². The van der Waals surface area contributed by atoms with Crippen LogP contribution in [0, 0.1) is 12.3 Å². The average molecular weight is 431 g/mol. The van der Waals surface area contributed by atoms with E-state index in [2.05, 4.69) is 20.7 Å². The highest BCUT2D eigenvalue weighted by Crippen LogP contribution is 2.28. The highest BCUT2D eigenvalue weighted by molar-refractivity contribution is 6.38. The number of rotatable bonds is 6. The molecule has 7 nitrogen and oxygen atoms in total. The Balaban J connectivity index is 1.84. The van der Waals surface area contributed by atoms with Crippen LogP contribution < -0.4 is 10.6 Å². The van der Waals surface area contributed by atoms with Crippen LogP contribution in [0.1, 0.15) is 34.2 Å². The van der Waals surface area contributed by atoms with E-state index >= 15 is 0 Å². The van der Waals surface area contributed by atoms with Gasteiger partial charge >= 0.3 is 0 Å². The van der Waals surface area contributed by atoms with E-state index in [1.165, 1.54) is 6.20 Å². The van der Waals surface area contributed by atoms with Gasteiger partial charge in [-0.2, -0.15) is 5.10 Å². The topological polar surface area (TPSA) is 95.7 Å². The van der Waals surface area contributed by atoms with Gasteiger partial charge in [0.15, 0.2) is 0 Å². The fraction of sp³-hybridized carbons (Fsp3) is 0.200. The number of aryl methyl sites for hydroxylation is 2. The molecule has 0 saturated carbocycles. The van der Waals surface area contributed by atoms with E-state index in [1.807, 2.05) is 20.0 Å². The summed E-state index contributed by atoms with van der Waals surface area (Å²) in [6.45, 7) is 3.98. The molecule has 3 N–H and O–H groups in total. The van der Waals surface area contributed by atoms with Gasteiger partial charge in [0.2, 0.25) is 0 Å². The molecule has 0 bridgehead atoms. The Labute approximate surface area is 178 Å². The maximum atomic E-state index is 12.7. The Bertz CT molecular complexity index is 1060. The number of hydrogen-bond donors (Lipinski definition) is 3. The Kier molecular flexibility index (Phi) is 6.20. The van der Waals surface area contributed by atoms with Crippen LogP contribution in [0.4, 0.5) is 11.5 Å². The van der Waals surface area contributed by atoms with Crippen molar-refractivity contribution in [3.63, 3.8) is 0 Å². The second kappa shape index (κ2) is 8.63. The lowest BCUT2D eigenvalue weighted by atomic mass is 10.1. The summed E-state index contributed by atoms with van der Waals surface area (Å²) < 4.78 is 1.78. The van der Waals surface area contributed by atoms with Crippen LogP contribution >= 0.6 is 23.2 Å². The number of benzene rings is 1. The Morgan fingerprint density at radius 3 is 2.52 bits per heavy atom. The number of amides is 1. The lowest BCUT2D eigenvalue weighted by Gasteiger charge is -2.14. The van der Waals surface area contributed by atoms with Crippen molar-refractivity contribution in [3.8, 4) is 0 Å². The number of pyridine rings is 1. The van der Waals surface area contributed by atoms with E-state index in [-0.39, 0.29) is 16.3 Å². The summed E-state index contributed by atoms with van der Waals surface area (Å²) >= 11 is 12.4. The van der Waals surface area contributed by atoms with Crippen molar-refractivity contribution in [2.45, 2.75) is 20.4 Å². The number of nitrogens with zero attached hydrogens (tertiary/aromatic N) is 3. The maximum Gasteiger partial charge on any atom is 0.258 e. The molecule has 150 valence electrons. The highest BCUT2D eigenvalue weighted by atomic mass is 35.5. The van der Waals surface area contributed by atoms with Crippen molar-refractivity contribution in [1.82, 2.24) is 14.8 Å². The third-order valence-corrected chi connectivity index (χ3v) is 4.98. The Morgan fingerprint density at radius 1 is 1.24 bits per heavy atom. The molecule has 3 rings (SSSR count). The summed E-state index contributed by atoms with van der Waals surface area (Å²) in [5.41, 5.74) is 3.21. The zero-order valence-corrected chi connectivity index (χ0v) is 17.7. The summed E-state index contributed by atoms with van der Waals surface area (Å²) in [7, 11) is 1.87. The molecule has 3 aromatic rings. The van der Waals surface area contributed by atoms with Crippen molar-refractivity contribution in [3.05, 3.63) is 69.1 Å². The van der Waals surface area contributed by atoms with Gasteiger partial charge in [-0.25, -0.2) is 4.98 Å². The molecular weight excluding hydrogens is 411 g/mol. The first-order valence-corrected chi connectivity index (χ1v) is 9.56. The molecule has 29 heavy (non-hydrogen) atoms. The second-order valence-corrected chi connectivity index (χ2v) is 7.36. The van der Waals surface area contributed by atoms with E-state index in [0.717, 1.165) is 11.4 Å². The van der Waals surface area contributed by atoms with Gasteiger partial charge in [-0.15, -0.1) is 0 Å². The zero-order chi connectivity index (χ0) is 21.1.